The van der Waals surface area contributed by atoms with Crippen LogP contribution in [0.15, 0.2) is 66.7 Å². The molecule has 0 atom stereocenters. The van der Waals surface area contributed by atoms with Crippen LogP contribution in [0.1, 0.15) is 28.3 Å². The van der Waals surface area contributed by atoms with Crippen LogP contribution in [0.3, 0.4) is 0 Å². The molecule has 32 heavy (non-hydrogen) atoms. The van der Waals surface area contributed by atoms with Crippen LogP contribution in [0.5, 0.6) is 0 Å². The number of hydrogen-bond donors (Lipinski definition) is 1. The highest BCUT2D eigenvalue weighted by atomic mass is 35.5. The second-order valence-corrected chi connectivity index (χ2v) is 7.60. The van der Waals surface area contributed by atoms with Gasteiger partial charge in [-0.05, 0) is 39.9 Å². The van der Waals surface area contributed by atoms with Crippen LogP contribution in [0.25, 0.3) is 17.2 Å². The molecular weight excluding hydrogens is 441 g/mol. The van der Waals surface area contributed by atoms with Crippen LogP contribution in [0.2, 0.25) is 5.15 Å². The van der Waals surface area contributed by atoms with E-state index in [1.54, 1.807) is 0 Å². The van der Waals surface area contributed by atoms with Gasteiger partial charge in [-0.1, -0.05) is 72.3 Å². The minimum absolute atomic E-state index is 0.0524. The molecule has 4 nitrogen and oxygen atoms in total. The molecule has 4 rings (SSSR count). The summed E-state index contributed by atoms with van der Waals surface area (Å²) >= 11 is 5.66. The van der Waals surface area contributed by atoms with E-state index in [2.05, 4.69) is 22.4 Å². The lowest BCUT2D eigenvalue weighted by Crippen LogP contribution is -2.26. The lowest BCUT2D eigenvalue weighted by Gasteiger charge is -2.14. The number of amides is 1. The van der Waals surface area contributed by atoms with E-state index in [1.165, 1.54) is 18.2 Å². The van der Waals surface area contributed by atoms with Crippen molar-refractivity contribution in [3.8, 4) is 11.1 Å². The van der Waals surface area contributed by atoms with Crippen molar-refractivity contribution in [3.63, 3.8) is 0 Å². The maximum atomic E-state index is 12.8. The number of ether oxygens (including phenoxy) is 1. The van der Waals surface area contributed by atoms with E-state index in [9.17, 15) is 18.0 Å². The zero-order valence-electron chi connectivity index (χ0n) is 16.7. The van der Waals surface area contributed by atoms with Gasteiger partial charge < -0.3 is 10.1 Å². The summed E-state index contributed by atoms with van der Waals surface area (Å²) in [5.74, 6) is -0.0524. The van der Waals surface area contributed by atoms with Crippen LogP contribution in [0, 0.1) is 0 Å². The fourth-order valence-electron chi connectivity index (χ4n) is 3.74. The summed E-state index contributed by atoms with van der Waals surface area (Å²) in [5, 5.41) is 2.31. The van der Waals surface area contributed by atoms with E-state index in [0.29, 0.717) is 0 Å². The van der Waals surface area contributed by atoms with Crippen molar-refractivity contribution >= 4 is 23.8 Å². The second-order valence-electron chi connectivity index (χ2n) is 7.22. The van der Waals surface area contributed by atoms with Gasteiger partial charge in [-0.25, -0.2) is 9.78 Å². The van der Waals surface area contributed by atoms with Crippen LogP contribution in [-0.2, 0) is 10.9 Å². The Kier molecular flexibility index (Phi) is 6.19. The molecule has 0 bridgehead atoms. The van der Waals surface area contributed by atoms with Crippen molar-refractivity contribution < 1.29 is 22.7 Å². The highest BCUT2D eigenvalue weighted by Crippen LogP contribution is 2.44. The molecule has 1 aliphatic rings. The summed E-state index contributed by atoms with van der Waals surface area (Å²) in [6.45, 7) is 0.260. The number of nitrogens with one attached hydrogen (secondary N) is 1. The topological polar surface area (TPSA) is 51.2 Å². The molecule has 8 heteroatoms. The predicted octanol–water partition coefficient (Wildman–Crippen LogP) is 6.31. The van der Waals surface area contributed by atoms with Gasteiger partial charge in [0.25, 0.3) is 0 Å². The first kappa shape index (κ1) is 21.9. The number of pyridine rings is 1. The Labute approximate surface area is 187 Å². The monoisotopic (exact) mass is 458 g/mol. The molecule has 1 aliphatic carbocycles. The Balaban J connectivity index is 1.34. The molecule has 1 heterocycles. The highest BCUT2D eigenvalue weighted by molar-refractivity contribution is 6.29. The van der Waals surface area contributed by atoms with Crippen LogP contribution in [0.4, 0.5) is 18.0 Å². The molecule has 0 saturated carbocycles. The molecule has 0 radical (unpaired) electrons. The SMILES string of the molecule is O=C(NCC=Cc1cc(Cl)nc(C(F)(F)F)c1)OCC1c2ccccc2-c2ccccc21. The Morgan fingerprint density at radius 3 is 2.31 bits per heavy atom. The van der Waals surface area contributed by atoms with Gasteiger partial charge in [-0.2, -0.15) is 13.2 Å². The molecule has 0 fully saturated rings. The van der Waals surface area contributed by atoms with Crippen LogP contribution in [-0.4, -0.2) is 24.2 Å². The van der Waals surface area contributed by atoms with Crippen molar-refractivity contribution in [1.82, 2.24) is 10.3 Å². The molecule has 1 aromatic heterocycles. The van der Waals surface area contributed by atoms with Crippen molar-refractivity contribution in [2.75, 3.05) is 13.2 Å². The summed E-state index contributed by atoms with van der Waals surface area (Å²) in [6, 6.07) is 18.2. The lowest BCUT2D eigenvalue weighted by atomic mass is 9.98. The third-order valence-corrected chi connectivity index (χ3v) is 5.32. The summed E-state index contributed by atoms with van der Waals surface area (Å²) in [7, 11) is 0. The normalized spacial score (nSPS) is 13.1. The molecule has 0 spiro atoms. The Bertz CT molecular complexity index is 1130. The second kappa shape index (κ2) is 9.04. The quantitative estimate of drug-likeness (QED) is 0.456. The van der Waals surface area contributed by atoms with E-state index >= 15 is 0 Å². The summed E-state index contributed by atoms with van der Waals surface area (Å²) in [4.78, 5) is 15.4. The van der Waals surface area contributed by atoms with E-state index in [0.717, 1.165) is 28.3 Å². The molecule has 0 saturated heterocycles. The van der Waals surface area contributed by atoms with E-state index in [-0.39, 0.29) is 29.8 Å². The van der Waals surface area contributed by atoms with Gasteiger partial charge in [-0.3, -0.25) is 0 Å². The first-order chi connectivity index (χ1) is 15.3. The molecule has 1 N–H and O–H groups in total. The average Bonchev–Trinajstić information content (AvgIpc) is 3.08. The van der Waals surface area contributed by atoms with Crippen LogP contribution >= 0.6 is 11.6 Å². The van der Waals surface area contributed by atoms with Crippen molar-refractivity contribution in [2.24, 2.45) is 0 Å². The third-order valence-electron chi connectivity index (χ3n) is 5.13. The Morgan fingerprint density at radius 1 is 1.06 bits per heavy atom. The maximum Gasteiger partial charge on any atom is 0.433 e. The average molecular weight is 459 g/mol. The fourth-order valence-corrected chi connectivity index (χ4v) is 3.96. The lowest BCUT2D eigenvalue weighted by molar-refractivity contribution is -0.141. The molecule has 3 aromatic rings. The number of halogens is 4. The molecular formula is C24H18ClF3N2O2. The van der Waals surface area contributed by atoms with Crippen LogP contribution < -0.4 is 5.32 Å². The predicted molar refractivity (Wildman–Crippen MR) is 116 cm³/mol. The molecule has 0 unspecified atom stereocenters. The van der Waals surface area contributed by atoms with Gasteiger partial charge >= 0.3 is 12.3 Å². The van der Waals surface area contributed by atoms with E-state index < -0.39 is 18.0 Å². The Morgan fingerprint density at radius 2 is 1.69 bits per heavy atom. The van der Waals surface area contributed by atoms with Gasteiger partial charge in [0.1, 0.15) is 17.5 Å². The molecule has 0 aliphatic heterocycles. The minimum atomic E-state index is -4.59. The van der Waals surface area contributed by atoms with Gasteiger partial charge in [-0.15, -0.1) is 0 Å². The zero-order valence-corrected chi connectivity index (χ0v) is 17.5. The van der Waals surface area contributed by atoms with Gasteiger partial charge in [0, 0.05) is 12.5 Å². The molecule has 1 amide bonds. The number of carbonyl (C=O) groups excluding carboxylic acids is 1. The number of alkyl carbamates (subject to hydrolysis) is 1. The number of fused-ring (bicyclic) bond motifs is 3. The van der Waals surface area contributed by atoms with Gasteiger partial charge in [0.2, 0.25) is 0 Å². The number of aromatic nitrogens is 1. The fraction of sp³-hybridized carbons (Fsp3) is 0.167. The van der Waals surface area contributed by atoms with Gasteiger partial charge in [0.15, 0.2) is 0 Å². The van der Waals surface area contributed by atoms with E-state index in [1.807, 2.05) is 36.4 Å². The molecule has 2 aromatic carbocycles. The minimum Gasteiger partial charge on any atom is -0.449 e. The van der Waals surface area contributed by atoms with Crippen molar-refractivity contribution in [2.45, 2.75) is 12.1 Å². The first-order valence-corrected chi connectivity index (χ1v) is 10.2. The zero-order chi connectivity index (χ0) is 22.7. The highest BCUT2D eigenvalue weighted by Gasteiger charge is 2.33. The van der Waals surface area contributed by atoms with Crippen molar-refractivity contribution in [1.29, 1.82) is 0 Å². The summed E-state index contributed by atoms with van der Waals surface area (Å²) in [5.41, 5.74) is 3.64. The molecule has 164 valence electrons. The number of nitrogens with zero attached hydrogens (tertiary/aromatic N) is 1. The number of hydrogen-bond acceptors (Lipinski definition) is 3. The largest absolute Gasteiger partial charge is 0.449 e. The first-order valence-electron chi connectivity index (χ1n) is 9.83. The summed E-state index contributed by atoms with van der Waals surface area (Å²) < 4.78 is 43.9. The van der Waals surface area contributed by atoms with E-state index in [4.69, 9.17) is 16.3 Å². The third kappa shape index (κ3) is 4.78. The smallest absolute Gasteiger partial charge is 0.433 e. The number of carbonyl (C=O) groups is 1. The van der Waals surface area contributed by atoms with Crippen molar-refractivity contribution in [3.05, 3.63) is 94.3 Å². The summed E-state index contributed by atoms with van der Waals surface area (Å²) in [6.07, 6.45) is -2.27. The standard InChI is InChI=1S/C24H18ClF3N2O2/c25-22-13-15(12-21(30-22)24(26,27)28)6-5-11-29-23(31)32-14-20-18-9-3-1-7-16(18)17-8-2-4-10-19(17)20/h1-10,12-13,20H,11,14H2,(H,29,31). The number of alkyl halides is 3. The maximum absolute atomic E-state index is 12.8. The Hall–Kier alpha value is -3.32. The number of benzene rings is 2. The number of rotatable bonds is 5. The van der Waals surface area contributed by atoms with Gasteiger partial charge in [0.05, 0.1) is 0 Å².